The number of hydrogen-bond acceptors (Lipinski definition) is 4. The fourth-order valence-electron chi connectivity index (χ4n) is 2.27. The molecule has 0 bridgehead atoms. The van der Waals surface area contributed by atoms with E-state index < -0.39 is 9.84 Å². The summed E-state index contributed by atoms with van der Waals surface area (Å²) in [4.78, 5) is 0.460. The molecule has 0 spiro atoms. The number of para-hydroxylation sites is 1. The lowest BCUT2D eigenvalue weighted by molar-refractivity contribution is 0.596. The van der Waals surface area contributed by atoms with Crippen LogP contribution in [0.5, 0.6) is 0 Å². The summed E-state index contributed by atoms with van der Waals surface area (Å²) in [5.41, 5.74) is 7.11. The van der Waals surface area contributed by atoms with Gasteiger partial charge in [0.15, 0.2) is 0 Å². The summed E-state index contributed by atoms with van der Waals surface area (Å²) in [7, 11) is -3.61. The Morgan fingerprint density at radius 1 is 1.15 bits per heavy atom. The summed E-state index contributed by atoms with van der Waals surface area (Å²) >= 11 is 0. The van der Waals surface area contributed by atoms with E-state index in [4.69, 9.17) is 11.1 Å². The van der Waals surface area contributed by atoms with Crippen LogP contribution in [0.25, 0.3) is 0 Å². The Bertz CT molecular complexity index is 813. The van der Waals surface area contributed by atoms with Crippen LogP contribution < -0.4 is 11.1 Å². The molecule has 0 atom stereocenters. The fourth-order valence-corrected chi connectivity index (χ4v) is 3.97. The first kappa shape index (κ1) is 12.7. The van der Waals surface area contributed by atoms with E-state index >= 15 is 0 Å². The Kier molecular flexibility index (Phi) is 2.76. The number of anilines is 1. The van der Waals surface area contributed by atoms with Gasteiger partial charge in [-0.15, -0.1) is 0 Å². The van der Waals surface area contributed by atoms with E-state index in [0.29, 0.717) is 23.4 Å². The zero-order valence-electron chi connectivity index (χ0n) is 10.6. The maximum Gasteiger partial charge on any atom is 0.208 e. The molecular formula is C14H13N3O2S. The van der Waals surface area contributed by atoms with Gasteiger partial charge in [-0.05, 0) is 23.8 Å². The van der Waals surface area contributed by atoms with Gasteiger partial charge < -0.3 is 11.1 Å². The van der Waals surface area contributed by atoms with Gasteiger partial charge in [-0.2, -0.15) is 0 Å². The molecule has 0 radical (unpaired) electrons. The quantitative estimate of drug-likeness (QED) is 0.549. The third-order valence-corrected chi connectivity index (χ3v) is 5.21. The van der Waals surface area contributed by atoms with Crippen molar-refractivity contribution in [3.05, 3.63) is 53.6 Å². The van der Waals surface area contributed by atoms with Crippen LogP contribution in [0.4, 0.5) is 5.69 Å². The van der Waals surface area contributed by atoms with Crippen molar-refractivity contribution < 1.29 is 8.42 Å². The number of fused-ring (bicyclic) bond motifs is 2. The van der Waals surface area contributed by atoms with Gasteiger partial charge >= 0.3 is 0 Å². The molecule has 0 fully saturated rings. The zero-order chi connectivity index (χ0) is 14.3. The SMILES string of the molecule is N=C(N)c1ccc2c(c1)S(=O)(=O)c1ccccc1NC2. The largest absolute Gasteiger partial charge is 0.384 e. The van der Waals surface area contributed by atoms with E-state index in [0.717, 1.165) is 0 Å². The van der Waals surface area contributed by atoms with Gasteiger partial charge in [0.2, 0.25) is 9.84 Å². The van der Waals surface area contributed by atoms with Crippen LogP contribution in [0.3, 0.4) is 0 Å². The Morgan fingerprint density at radius 3 is 2.65 bits per heavy atom. The first-order valence-electron chi connectivity index (χ1n) is 6.05. The van der Waals surface area contributed by atoms with Crippen molar-refractivity contribution in [3.8, 4) is 0 Å². The minimum Gasteiger partial charge on any atom is -0.384 e. The summed E-state index contributed by atoms with van der Waals surface area (Å²) in [6.07, 6.45) is 0. The minimum absolute atomic E-state index is 0.145. The summed E-state index contributed by atoms with van der Waals surface area (Å²) < 4.78 is 25.5. The first-order valence-corrected chi connectivity index (χ1v) is 7.54. The Labute approximate surface area is 116 Å². The van der Waals surface area contributed by atoms with E-state index in [-0.39, 0.29) is 15.6 Å². The zero-order valence-corrected chi connectivity index (χ0v) is 11.4. The number of amidine groups is 1. The molecule has 0 saturated carbocycles. The predicted octanol–water partition coefficient (Wildman–Crippen LogP) is 1.73. The smallest absolute Gasteiger partial charge is 0.208 e. The van der Waals surface area contributed by atoms with E-state index in [1.165, 1.54) is 6.07 Å². The predicted molar refractivity (Wildman–Crippen MR) is 76.7 cm³/mol. The third-order valence-electron chi connectivity index (χ3n) is 3.31. The van der Waals surface area contributed by atoms with Crippen LogP contribution in [-0.4, -0.2) is 14.3 Å². The summed E-state index contributed by atoms with van der Waals surface area (Å²) in [6.45, 7) is 0.420. The molecule has 6 heteroatoms. The minimum atomic E-state index is -3.61. The van der Waals surface area contributed by atoms with Crippen molar-refractivity contribution in [2.45, 2.75) is 16.3 Å². The molecule has 20 heavy (non-hydrogen) atoms. The average Bonchev–Trinajstić information content (AvgIpc) is 2.55. The van der Waals surface area contributed by atoms with Crippen LogP contribution in [-0.2, 0) is 16.4 Å². The first-order chi connectivity index (χ1) is 9.50. The third kappa shape index (κ3) is 1.85. The maximum atomic E-state index is 12.7. The normalized spacial score (nSPS) is 15.4. The lowest BCUT2D eigenvalue weighted by Gasteiger charge is -2.08. The molecule has 5 nitrogen and oxygen atoms in total. The second kappa shape index (κ2) is 4.35. The summed E-state index contributed by atoms with van der Waals surface area (Å²) in [6, 6.07) is 11.6. The van der Waals surface area contributed by atoms with E-state index in [2.05, 4.69) is 5.32 Å². The molecule has 0 aromatic heterocycles. The van der Waals surface area contributed by atoms with Crippen molar-refractivity contribution in [1.82, 2.24) is 0 Å². The van der Waals surface area contributed by atoms with Crippen molar-refractivity contribution in [3.63, 3.8) is 0 Å². The summed E-state index contributed by atoms with van der Waals surface area (Å²) in [5.74, 6) is -0.145. The number of nitrogens with two attached hydrogens (primary N) is 1. The molecule has 1 aliphatic rings. The molecule has 2 aromatic carbocycles. The number of rotatable bonds is 1. The second-order valence-corrected chi connectivity index (χ2v) is 6.48. The second-order valence-electron chi connectivity index (χ2n) is 4.59. The van der Waals surface area contributed by atoms with E-state index in [1.54, 1.807) is 36.4 Å². The Balaban J connectivity index is 2.30. The highest BCUT2D eigenvalue weighted by Gasteiger charge is 2.27. The molecule has 1 aliphatic heterocycles. The fraction of sp³-hybridized carbons (Fsp3) is 0.0714. The molecule has 0 unspecified atom stereocenters. The number of benzene rings is 2. The molecule has 0 amide bonds. The molecule has 4 N–H and O–H groups in total. The molecule has 0 aliphatic carbocycles. The number of hydrogen-bond donors (Lipinski definition) is 3. The monoisotopic (exact) mass is 287 g/mol. The molecule has 102 valence electrons. The van der Waals surface area contributed by atoms with E-state index in [9.17, 15) is 8.42 Å². The highest BCUT2D eigenvalue weighted by molar-refractivity contribution is 7.91. The van der Waals surface area contributed by atoms with Crippen molar-refractivity contribution >= 4 is 21.4 Å². The van der Waals surface area contributed by atoms with Crippen molar-refractivity contribution in [2.75, 3.05) is 5.32 Å². The van der Waals surface area contributed by atoms with Crippen molar-refractivity contribution in [1.29, 1.82) is 5.41 Å². The molecule has 3 rings (SSSR count). The Morgan fingerprint density at radius 2 is 1.90 bits per heavy atom. The molecule has 0 saturated heterocycles. The van der Waals surface area contributed by atoms with Crippen LogP contribution in [0.15, 0.2) is 52.3 Å². The number of nitrogens with one attached hydrogen (secondary N) is 2. The lowest BCUT2D eigenvalue weighted by atomic mass is 10.1. The Hall–Kier alpha value is -2.34. The van der Waals surface area contributed by atoms with Crippen LogP contribution in [0, 0.1) is 5.41 Å². The molecular weight excluding hydrogens is 274 g/mol. The van der Waals surface area contributed by atoms with Crippen LogP contribution >= 0.6 is 0 Å². The number of sulfone groups is 1. The van der Waals surface area contributed by atoms with E-state index in [1.807, 2.05) is 0 Å². The standard InChI is InChI=1S/C14H13N3O2S/c15-14(16)9-5-6-10-8-17-11-3-1-2-4-12(11)20(18,19)13(10)7-9/h1-7,17H,8H2,(H3,15,16). The van der Waals surface area contributed by atoms with Gasteiger partial charge in [0, 0.05) is 12.1 Å². The lowest BCUT2D eigenvalue weighted by Crippen LogP contribution is -2.13. The van der Waals surface area contributed by atoms with Gasteiger partial charge in [0.05, 0.1) is 15.5 Å². The molecule has 2 aromatic rings. The summed E-state index contributed by atoms with van der Waals surface area (Å²) in [5, 5.41) is 10.6. The maximum absolute atomic E-state index is 12.7. The topological polar surface area (TPSA) is 96.0 Å². The highest BCUT2D eigenvalue weighted by atomic mass is 32.2. The number of nitrogen functional groups attached to an aromatic ring is 1. The molecule has 1 heterocycles. The van der Waals surface area contributed by atoms with Gasteiger partial charge in [0.1, 0.15) is 5.84 Å². The van der Waals surface area contributed by atoms with Gasteiger partial charge in [-0.3, -0.25) is 5.41 Å². The van der Waals surface area contributed by atoms with Gasteiger partial charge in [-0.25, -0.2) is 8.42 Å². The van der Waals surface area contributed by atoms with Crippen LogP contribution in [0.2, 0.25) is 0 Å². The van der Waals surface area contributed by atoms with Gasteiger partial charge in [0.25, 0.3) is 0 Å². The average molecular weight is 287 g/mol. The highest BCUT2D eigenvalue weighted by Crippen LogP contribution is 2.33. The van der Waals surface area contributed by atoms with Gasteiger partial charge in [-0.1, -0.05) is 24.3 Å². The van der Waals surface area contributed by atoms with Crippen LogP contribution in [0.1, 0.15) is 11.1 Å². The van der Waals surface area contributed by atoms with Crippen molar-refractivity contribution in [2.24, 2.45) is 5.73 Å².